The fourth-order valence-corrected chi connectivity index (χ4v) is 1.69. The molecule has 2 aromatic rings. The van der Waals surface area contributed by atoms with Gasteiger partial charge in [0, 0.05) is 10.0 Å². The van der Waals surface area contributed by atoms with E-state index in [4.69, 9.17) is 27.9 Å². The number of rotatable bonds is 5. The highest BCUT2D eigenvalue weighted by atomic mass is 35.5. The molecule has 108 valence electrons. The maximum atomic E-state index is 11.5. The Morgan fingerprint density at radius 2 is 1.62 bits per heavy atom. The third-order valence-electron chi connectivity index (χ3n) is 2.46. The van der Waals surface area contributed by atoms with Crippen LogP contribution < -0.4 is 10.2 Å². The molecule has 0 bridgehead atoms. The third kappa shape index (κ3) is 5.45. The second-order valence-electron chi connectivity index (χ2n) is 4.09. The number of hydrazone groups is 1. The maximum Gasteiger partial charge on any atom is 0.277 e. The lowest BCUT2D eigenvalue weighted by atomic mass is 10.2. The summed E-state index contributed by atoms with van der Waals surface area (Å²) in [5.41, 5.74) is 3.21. The van der Waals surface area contributed by atoms with Gasteiger partial charge in [0.05, 0.1) is 6.21 Å². The van der Waals surface area contributed by atoms with Crippen molar-refractivity contribution >= 4 is 35.3 Å². The highest BCUT2D eigenvalue weighted by Gasteiger charge is 2.01. The minimum Gasteiger partial charge on any atom is -0.484 e. The largest absolute Gasteiger partial charge is 0.484 e. The molecule has 4 nitrogen and oxygen atoms in total. The first-order chi connectivity index (χ1) is 10.1. The van der Waals surface area contributed by atoms with Crippen LogP contribution in [0.15, 0.2) is 53.6 Å². The lowest BCUT2D eigenvalue weighted by Gasteiger charge is -2.04. The molecule has 0 radical (unpaired) electrons. The molecule has 0 aromatic heterocycles. The number of carbonyl (C=O) groups excluding carboxylic acids is 1. The zero-order valence-corrected chi connectivity index (χ0v) is 12.4. The Kier molecular flexibility index (Phi) is 5.60. The van der Waals surface area contributed by atoms with Gasteiger partial charge >= 0.3 is 0 Å². The summed E-state index contributed by atoms with van der Waals surface area (Å²) < 4.78 is 5.28. The van der Waals surface area contributed by atoms with Crippen LogP contribution in [-0.4, -0.2) is 18.7 Å². The Morgan fingerprint density at radius 1 is 1.05 bits per heavy atom. The SMILES string of the molecule is O=C(COc1ccc(Cl)cc1)N/N=C/c1ccc(Cl)cc1. The van der Waals surface area contributed by atoms with E-state index in [9.17, 15) is 4.79 Å². The molecule has 0 aliphatic rings. The van der Waals surface area contributed by atoms with Crippen LogP contribution in [0.5, 0.6) is 5.75 Å². The Hall–Kier alpha value is -2.04. The highest BCUT2D eigenvalue weighted by Crippen LogP contribution is 2.15. The van der Waals surface area contributed by atoms with E-state index in [0.717, 1.165) is 5.56 Å². The van der Waals surface area contributed by atoms with Crippen LogP contribution in [0, 0.1) is 0 Å². The molecule has 1 amide bonds. The van der Waals surface area contributed by atoms with Gasteiger partial charge in [-0.25, -0.2) is 5.43 Å². The summed E-state index contributed by atoms with van der Waals surface area (Å²) in [6.07, 6.45) is 1.52. The quantitative estimate of drug-likeness (QED) is 0.676. The van der Waals surface area contributed by atoms with E-state index in [0.29, 0.717) is 15.8 Å². The molecule has 0 saturated carbocycles. The summed E-state index contributed by atoms with van der Waals surface area (Å²) in [6.45, 7) is -0.125. The lowest BCUT2D eigenvalue weighted by Crippen LogP contribution is -2.24. The number of hydrogen-bond acceptors (Lipinski definition) is 3. The number of ether oxygens (including phenoxy) is 1. The van der Waals surface area contributed by atoms with E-state index in [2.05, 4.69) is 10.5 Å². The zero-order valence-electron chi connectivity index (χ0n) is 10.9. The molecule has 0 aliphatic carbocycles. The monoisotopic (exact) mass is 322 g/mol. The fourth-order valence-electron chi connectivity index (χ4n) is 1.44. The van der Waals surface area contributed by atoms with E-state index >= 15 is 0 Å². The fraction of sp³-hybridized carbons (Fsp3) is 0.0667. The predicted octanol–water partition coefficient (Wildman–Crippen LogP) is 3.52. The van der Waals surface area contributed by atoms with Crippen molar-refractivity contribution in [2.75, 3.05) is 6.61 Å². The molecule has 1 N–H and O–H groups in total. The van der Waals surface area contributed by atoms with Gasteiger partial charge in [0.15, 0.2) is 6.61 Å². The van der Waals surface area contributed by atoms with Crippen LogP contribution in [0.25, 0.3) is 0 Å². The number of amides is 1. The third-order valence-corrected chi connectivity index (χ3v) is 2.96. The Balaban J connectivity index is 1.77. The molecule has 21 heavy (non-hydrogen) atoms. The van der Waals surface area contributed by atoms with Gasteiger partial charge in [0.1, 0.15) is 5.75 Å². The van der Waals surface area contributed by atoms with Crippen molar-refractivity contribution in [3.63, 3.8) is 0 Å². The van der Waals surface area contributed by atoms with Gasteiger partial charge in [-0.15, -0.1) is 0 Å². The number of nitrogens with zero attached hydrogens (tertiary/aromatic N) is 1. The minimum atomic E-state index is -0.352. The second kappa shape index (κ2) is 7.67. The lowest BCUT2D eigenvalue weighted by molar-refractivity contribution is -0.123. The standard InChI is InChI=1S/C15H12Cl2N2O2/c16-12-3-1-11(2-4-12)9-18-19-15(20)10-21-14-7-5-13(17)6-8-14/h1-9H,10H2,(H,19,20)/b18-9+. The number of hydrogen-bond donors (Lipinski definition) is 1. The van der Waals surface area contributed by atoms with Crippen molar-refractivity contribution in [3.05, 3.63) is 64.1 Å². The van der Waals surface area contributed by atoms with E-state index in [1.54, 1.807) is 48.5 Å². The summed E-state index contributed by atoms with van der Waals surface area (Å²) >= 11 is 11.5. The number of halogens is 2. The molecule has 2 rings (SSSR count). The molecule has 0 atom stereocenters. The molecule has 0 unspecified atom stereocenters. The highest BCUT2D eigenvalue weighted by molar-refractivity contribution is 6.30. The van der Waals surface area contributed by atoms with Crippen molar-refractivity contribution in [1.29, 1.82) is 0 Å². The van der Waals surface area contributed by atoms with Gasteiger partial charge in [-0.05, 0) is 42.0 Å². The van der Waals surface area contributed by atoms with Crippen LogP contribution in [0.2, 0.25) is 10.0 Å². The molecule has 2 aromatic carbocycles. The molecule has 0 heterocycles. The smallest absolute Gasteiger partial charge is 0.277 e. The average Bonchev–Trinajstić information content (AvgIpc) is 2.49. The second-order valence-corrected chi connectivity index (χ2v) is 4.96. The van der Waals surface area contributed by atoms with Crippen LogP contribution in [0.3, 0.4) is 0 Å². The van der Waals surface area contributed by atoms with E-state index in [1.165, 1.54) is 6.21 Å². The van der Waals surface area contributed by atoms with E-state index in [1.807, 2.05) is 0 Å². The van der Waals surface area contributed by atoms with E-state index < -0.39 is 0 Å². The van der Waals surface area contributed by atoms with Gasteiger partial charge in [0.25, 0.3) is 5.91 Å². The topological polar surface area (TPSA) is 50.7 Å². The van der Waals surface area contributed by atoms with Gasteiger partial charge in [0.2, 0.25) is 0 Å². The normalized spacial score (nSPS) is 10.6. The maximum absolute atomic E-state index is 11.5. The molecule has 6 heteroatoms. The Bertz CT molecular complexity index is 625. The molecule has 0 spiro atoms. The van der Waals surface area contributed by atoms with Crippen LogP contribution in [0.1, 0.15) is 5.56 Å². The van der Waals surface area contributed by atoms with Crippen molar-refractivity contribution in [1.82, 2.24) is 5.43 Å². The zero-order chi connectivity index (χ0) is 15.1. The first-order valence-electron chi connectivity index (χ1n) is 6.09. The van der Waals surface area contributed by atoms with Crippen LogP contribution in [0.4, 0.5) is 0 Å². The Morgan fingerprint density at radius 3 is 2.24 bits per heavy atom. The number of carbonyl (C=O) groups is 1. The van der Waals surface area contributed by atoms with Gasteiger partial charge in [-0.1, -0.05) is 35.3 Å². The van der Waals surface area contributed by atoms with E-state index in [-0.39, 0.29) is 12.5 Å². The first-order valence-corrected chi connectivity index (χ1v) is 6.85. The summed E-state index contributed by atoms with van der Waals surface area (Å²) in [6, 6.07) is 13.8. The van der Waals surface area contributed by atoms with Crippen molar-refractivity contribution in [2.45, 2.75) is 0 Å². The van der Waals surface area contributed by atoms with Crippen molar-refractivity contribution in [3.8, 4) is 5.75 Å². The molecule has 0 saturated heterocycles. The minimum absolute atomic E-state index is 0.125. The van der Waals surface area contributed by atoms with Crippen molar-refractivity contribution in [2.24, 2.45) is 5.10 Å². The van der Waals surface area contributed by atoms with Crippen LogP contribution >= 0.6 is 23.2 Å². The summed E-state index contributed by atoms with van der Waals surface area (Å²) in [5, 5.41) is 5.09. The number of benzene rings is 2. The molecule has 0 aliphatic heterocycles. The summed E-state index contributed by atoms with van der Waals surface area (Å²) in [5.74, 6) is 0.214. The molecule has 0 fully saturated rings. The van der Waals surface area contributed by atoms with Crippen LogP contribution in [-0.2, 0) is 4.79 Å². The van der Waals surface area contributed by atoms with Gasteiger partial charge in [-0.3, -0.25) is 4.79 Å². The van der Waals surface area contributed by atoms with Crippen molar-refractivity contribution < 1.29 is 9.53 Å². The average molecular weight is 323 g/mol. The number of nitrogens with one attached hydrogen (secondary N) is 1. The molecular formula is C15H12Cl2N2O2. The van der Waals surface area contributed by atoms with Gasteiger partial charge < -0.3 is 4.74 Å². The molecular weight excluding hydrogens is 311 g/mol. The predicted molar refractivity (Wildman–Crippen MR) is 84.1 cm³/mol. The van der Waals surface area contributed by atoms with Gasteiger partial charge in [-0.2, -0.15) is 5.10 Å². The summed E-state index contributed by atoms with van der Waals surface area (Å²) in [7, 11) is 0. The summed E-state index contributed by atoms with van der Waals surface area (Å²) in [4.78, 5) is 11.5. The first kappa shape index (κ1) is 15.4. The Labute approximate surface area is 132 Å².